The Morgan fingerprint density at radius 1 is 1.35 bits per heavy atom. The molecule has 0 aromatic heterocycles. The van der Waals surface area contributed by atoms with Gasteiger partial charge in [0, 0.05) is 25.2 Å². The summed E-state index contributed by atoms with van der Waals surface area (Å²) in [6.45, 7) is 3.17. The molecule has 2 atom stereocenters. The summed E-state index contributed by atoms with van der Waals surface area (Å²) in [6.07, 6.45) is 4.89. The van der Waals surface area contributed by atoms with Gasteiger partial charge in [0.25, 0.3) is 0 Å². The molecule has 1 aromatic rings. The normalized spacial score (nSPS) is 22.1. The van der Waals surface area contributed by atoms with Crippen molar-refractivity contribution in [2.75, 3.05) is 33.7 Å². The summed E-state index contributed by atoms with van der Waals surface area (Å²) in [6, 6.07) is 11.9. The number of rotatable bonds is 6. The minimum Gasteiger partial charge on any atom is -0.329 e. The molecule has 1 fully saturated rings. The summed E-state index contributed by atoms with van der Waals surface area (Å²) in [4.78, 5) is 4.97. The summed E-state index contributed by atoms with van der Waals surface area (Å²) in [5.74, 6) is 0. The van der Waals surface area contributed by atoms with Crippen LogP contribution in [0.3, 0.4) is 0 Å². The molecule has 0 amide bonds. The van der Waals surface area contributed by atoms with Crippen molar-refractivity contribution in [1.82, 2.24) is 9.80 Å². The highest BCUT2D eigenvalue weighted by molar-refractivity contribution is 5.14. The number of nitrogens with zero attached hydrogens (tertiary/aromatic N) is 2. The molecule has 0 saturated carbocycles. The van der Waals surface area contributed by atoms with Gasteiger partial charge < -0.3 is 10.6 Å². The summed E-state index contributed by atoms with van der Waals surface area (Å²) in [5.41, 5.74) is 7.44. The van der Waals surface area contributed by atoms with Crippen molar-refractivity contribution >= 4 is 0 Å². The Labute approximate surface area is 123 Å². The lowest BCUT2D eigenvalue weighted by Crippen LogP contribution is -2.51. The minimum atomic E-state index is 0.492. The van der Waals surface area contributed by atoms with Gasteiger partial charge in [-0.15, -0.1) is 0 Å². The van der Waals surface area contributed by atoms with Gasteiger partial charge in [-0.1, -0.05) is 30.3 Å². The van der Waals surface area contributed by atoms with E-state index in [0.29, 0.717) is 12.1 Å². The first-order valence-corrected chi connectivity index (χ1v) is 7.85. The molecular weight excluding hydrogens is 246 g/mol. The maximum atomic E-state index is 6.02. The number of aryl methyl sites for hydroxylation is 1. The summed E-state index contributed by atoms with van der Waals surface area (Å²) >= 11 is 0. The van der Waals surface area contributed by atoms with Crippen molar-refractivity contribution in [3.05, 3.63) is 35.9 Å². The molecule has 1 aliphatic rings. The molecule has 2 N–H and O–H groups in total. The summed E-state index contributed by atoms with van der Waals surface area (Å²) in [5, 5.41) is 0. The third kappa shape index (κ3) is 4.30. The van der Waals surface area contributed by atoms with Crippen LogP contribution in [0.1, 0.15) is 24.8 Å². The molecule has 1 aliphatic heterocycles. The fourth-order valence-corrected chi connectivity index (χ4v) is 3.24. The summed E-state index contributed by atoms with van der Waals surface area (Å²) in [7, 11) is 4.48. The third-order valence-electron chi connectivity index (χ3n) is 4.63. The number of hydrogen-bond acceptors (Lipinski definition) is 3. The molecule has 112 valence electrons. The van der Waals surface area contributed by atoms with Gasteiger partial charge in [0.1, 0.15) is 0 Å². The second-order valence-corrected chi connectivity index (χ2v) is 6.14. The van der Waals surface area contributed by atoms with Crippen LogP contribution in [0.2, 0.25) is 0 Å². The SMILES string of the molecule is CN1CCCC(N(C)C(CN)CCc2ccccc2)C1. The lowest BCUT2D eigenvalue weighted by molar-refractivity contribution is 0.0975. The second kappa shape index (κ2) is 7.77. The van der Waals surface area contributed by atoms with E-state index in [1.807, 2.05) is 0 Å². The molecule has 2 unspecified atom stereocenters. The number of piperidine rings is 1. The Morgan fingerprint density at radius 3 is 2.75 bits per heavy atom. The zero-order chi connectivity index (χ0) is 14.4. The van der Waals surface area contributed by atoms with Gasteiger partial charge in [-0.2, -0.15) is 0 Å². The van der Waals surface area contributed by atoms with Crippen LogP contribution in [0.25, 0.3) is 0 Å². The monoisotopic (exact) mass is 275 g/mol. The van der Waals surface area contributed by atoms with Crippen molar-refractivity contribution in [3.8, 4) is 0 Å². The number of benzene rings is 1. The second-order valence-electron chi connectivity index (χ2n) is 6.14. The van der Waals surface area contributed by atoms with Gasteiger partial charge in [0.15, 0.2) is 0 Å². The quantitative estimate of drug-likeness (QED) is 0.861. The van der Waals surface area contributed by atoms with Crippen molar-refractivity contribution in [3.63, 3.8) is 0 Å². The van der Waals surface area contributed by atoms with Crippen LogP contribution >= 0.6 is 0 Å². The van der Waals surface area contributed by atoms with Crippen molar-refractivity contribution in [2.24, 2.45) is 5.73 Å². The molecule has 0 bridgehead atoms. The number of nitrogens with two attached hydrogens (primary N) is 1. The lowest BCUT2D eigenvalue weighted by atomic mass is 9.99. The van der Waals surface area contributed by atoms with Gasteiger partial charge in [0.05, 0.1) is 0 Å². The van der Waals surface area contributed by atoms with Gasteiger partial charge in [-0.05, 0) is 51.9 Å². The van der Waals surface area contributed by atoms with Crippen LogP contribution in [0, 0.1) is 0 Å². The van der Waals surface area contributed by atoms with E-state index in [1.54, 1.807) is 0 Å². The van der Waals surface area contributed by atoms with Crippen LogP contribution in [-0.2, 0) is 6.42 Å². The molecule has 0 aliphatic carbocycles. The average Bonchev–Trinajstić information content (AvgIpc) is 2.48. The highest BCUT2D eigenvalue weighted by Crippen LogP contribution is 2.18. The van der Waals surface area contributed by atoms with Crippen LogP contribution in [0.15, 0.2) is 30.3 Å². The zero-order valence-electron chi connectivity index (χ0n) is 13.0. The highest BCUT2D eigenvalue weighted by atomic mass is 15.2. The van der Waals surface area contributed by atoms with Gasteiger partial charge >= 0.3 is 0 Å². The van der Waals surface area contributed by atoms with Crippen LogP contribution in [-0.4, -0.2) is 55.6 Å². The predicted molar refractivity (Wildman–Crippen MR) is 85.9 cm³/mol. The van der Waals surface area contributed by atoms with E-state index in [2.05, 4.69) is 54.2 Å². The smallest absolute Gasteiger partial charge is 0.0223 e. The Hall–Kier alpha value is -0.900. The highest BCUT2D eigenvalue weighted by Gasteiger charge is 2.25. The molecule has 0 radical (unpaired) electrons. The number of likely N-dealkylation sites (tertiary alicyclic amines) is 1. The van der Waals surface area contributed by atoms with E-state index >= 15 is 0 Å². The molecule has 1 aromatic carbocycles. The van der Waals surface area contributed by atoms with Crippen molar-refractivity contribution in [1.29, 1.82) is 0 Å². The predicted octanol–water partition coefficient (Wildman–Crippen LogP) is 1.97. The molecular formula is C17H29N3. The van der Waals surface area contributed by atoms with E-state index in [9.17, 15) is 0 Å². The van der Waals surface area contributed by atoms with Gasteiger partial charge in [-0.3, -0.25) is 4.90 Å². The lowest BCUT2D eigenvalue weighted by Gasteiger charge is -2.39. The standard InChI is InChI=1S/C17H29N3/c1-19-12-6-9-17(14-19)20(2)16(13-18)11-10-15-7-4-3-5-8-15/h3-5,7-8,16-17H,6,9-14,18H2,1-2H3. The molecule has 3 nitrogen and oxygen atoms in total. The van der Waals surface area contributed by atoms with Gasteiger partial charge in [0.2, 0.25) is 0 Å². The Balaban J connectivity index is 1.87. The minimum absolute atomic E-state index is 0.492. The number of hydrogen-bond donors (Lipinski definition) is 1. The van der Waals surface area contributed by atoms with Crippen molar-refractivity contribution in [2.45, 2.75) is 37.8 Å². The van der Waals surface area contributed by atoms with E-state index in [1.165, 1.54) is 31.5 Å². The van der Waals surface area contributed by atoms with Crippen LogP contribution < -0.4 is 5.73 Å². The Bertz CT molecular complexity index is 379. The molecule has 3 heteroatoms. The molecule has 0 spiro atoms. The maximum Gasteiger partial charge on any atom is 0.0223 e. The fraction of sp³-hybridized carbons (Fsp3) is 0.647. The molecule has 20 heavy (non-hydrogen) atoms. The van der Waals surface area contributed by atoms with E-state index in [-0.39, 0.29) is 0 Å². The number of likely N-dealkylation sites (N-methyl/N-ethyl adjacent to an activating group) is 2. The maximum absolute atomic E-state index is 6.02. The van der Waals surface area contributed by atoms with E-state index in [4.69, 9.17) is 5.73 Å². The van der Waals surface area contributed by atoms with Crippen LogP contribution in [0.4, 0.5) is 0 Å². The largest absolute Gasteiger partial charge is 0.329 e. The topological polar surface area (TPSA) is 32.5 Å². The van der Waals surface area contributed by atoms with Crippen molar-refractivity contribution < 1.29 is 0 Å². The Morgan fingerprint density at radius 2 is 2.10 bits per heavy atom. The zero-order valence-corrected chi connectivity index (χ0v) is 13.0. The fourth-order valence-electron chi connectivity index (χ4n) is 3.24. The third-order valence-corrected chi connectivity index (χ3v) is 4.63. The van der Waals surface area contributed by atoms with Gasteiger partial charge in [-0.25, -0.2) is 0 Å². The van der Waals surface area contributed by atoms with Crippen LogP contribution in [0.5, 0.6) is 0 Å². The average molecular weight is 275 g/mol. The Kier molecular flexibility index (Phi) is 6.02. The van der Waals surface area contributed by atoms with E-state index in [0.717, 1.165) is 19.4 Å². The first-order valence-electron chi connectivity index (χ1n) is 7.85. The first-order chi connectivity index (χ1) is 9.70. The first kappa shape index (κ1) is 15.5. The summed E-state index contributed by atoms with van der Waals surface area (Å²) < 4.78 is 0. The van der Waals surface area contributed by atoms with E-state index < -0.39 is 0 Å². The molecule has 1 saturated heterocycles. The molecule has 2 rings (SSSR count). The molecule has 1 heterocycles.